The van der Waals surface area contributed by atoms with Crippen LogP contribution < -0.4 is 9.64 Å². The minimum atomic E-state index is -0.361. The first-order valence-corrected chi connectivity index (χ1v) is 11.5. The lowest BCUT2D eigenvalue weighted by Gasteiger charge is -2.40. The molecule has 3 aromatic rings. The van der Waals surface area contributed by atoms with Gasteiger partial charge >= 0.3 is 0 Å². The highest BCUT2D eigenvalue weighted by Gasteiger charge is 2.33. The molecule has 0 spiro atoms. The Morgan fingerprint density at radius 3 is 2.58 bits per heavy atom. The second-order valence-electron chi connectivity index (χ2n) is 8.50. The largest absolute Gasteiger partial charge is 0.497 e. The normalized spacial score (nSPS) is 20.2. The van der Waals surface area contributed by atoms with E-state index >= 15 is 0 Å². The van der Waals surface area contributed by atoms with Gasteiger partial charge in [-0.2, -0.15) is 0 Å². The highest BCUT2D eigenvalue weighted by Crippen LogP contribution is 2.31. The summed E-state index contributed by atoms with van der Waals surface area (Å²) in [6.45, 7) is 4.52. The maximum Gasteiger partial charge on any atom is 0.173 e. The summed E-state index contributed by atoms with van der Waals surface area (Å²) in [5.41, 5.74) is 1.75. The Morgan fingerprint density at radius 2 is 1.88 bits per heavy atom. The van der Waals surface area contributed by atoms with Gasteiger partial charge in [-0.15, -0.1) is 5.10 Å². The number of piperazine rings is 1. The highest BCUT2D eigenvalue weighted by molar-refractivity contribution is 5.49. The molecule has 2 aromatic carbocycles. The minimum Gasteiger partial charge on any atom is -0.497 e. The van der Waals surface area contributed by atoms with Gasteiger partial charge in [0.1, 0.15) is 17.6 Å². The Balaban J connectivity index is 1.38. The minimum absolute atomic E-state index is 0.0976. The molecule has 9 heteroatoms. The third-order valence-electron chi connectivity index (χ3n) is 6.52. The van der Waals surface area contributed by atoms with Crippen molar-refractivity contribution in [2.75, 3.05) is 44.8 Å². The molecular weight excluding hydrogens is 423 g/mol. The van der Waals surface area contributed by atoms with Crippen LogP contribution in [0.15, 0.2) is 48.5 Å². The van der Waals surface area contributed by atoms with Crippen LogP contribution in [-0.2, 0) is 11.3 Å². The molecule has 0 saturated carbocycles. The van der Waals surface area contributed by atoms with Gasteiger partial charge in [0.25, 0.3) is 0 Å². The van der Waals surface area contributed by atoms with Gasteiger partial charge in [0.15, 0.2) is 5.82 Å². The predicted molar refractivity (Wildman–Crippen MR) is 122 cm³/mol. The fraction of sp³-hybridized carbons (Fsp3) is 0.458. The number of anilines is 1. The number of hydrogen-bond acceptors (Lipinski definition) is 7. The van der Waals surface area contributed by atoms with Crippen LogP contribution in [0.1, 0.15) is 30.3 Å². The SMILES string of the molecule is COc1ccc(N2CCN([C@@H](c3ccccc3F)c3nnnn3C[C@H]3CCCO3)CC2)cc1. The maximum absolute atomic E-state index is 15.0. The average molecular weight is 453 g/mol. The molecule has 5 rings (SSSR count). The van der Waals surface area contributed by atoms with Crippen LogP contribution in [-0.4, -0.2) is 71.1 Å². The van der Waals surface area contributed by atoms with Crippen molar-refractivity contribution in [1.82, 2.24) is 25.1 Å². The van der Waals surface area contributed by atoms with E-state index in [1.165, 1.54) is 6.07 Å². The Bertz CT molecular complexity index is 1050. The second-order valence-corrected chi connectivity index (χ2v) is 8.50. The number of tetrazole rings is 1. The molecule has 174 valence electrons. The molecule has 0 bridgehead atoms. The molecule has 0 aliphatic carbocycles. The van der Waals surface area contributed by atoms with Crippen molar-refractivity contribution in [3.05, 3.63) is 65.7 Å². The summed E-state index contributed by atoms with van der Waals surface area (Å²) < 4.78 is 27.8. The molecule has 1 aromatic heterocycles. The lowest BCUT2D eigenvalue weighted by atomic mass is 10.0. The van der Waals surface area contributed by atoms with E-state index in [-0.39, 0.29) is 18.0 Å². The fourth-order valence-corrected chi connectivity index (χ4v) is 4.75. The van der Waals surface area contributed by atoms with Crippen LogP contribution in [0, 0.1) is 5.82 Å². The van der Waals surface area contributed by atoms with Gasteiger partial charge in [0.05, 0.1) is 19.8 Å². The van der Waals surface area contributed by atoms with Gasteiger partial charge in [-0.1, -0.05) is 18.2 Å². The van der Waals surface area contributed by atoms with Gasteiger partial charge in [0.2, 0.25) is 0 Å². The molecular formula is C24H29FN6O2. The fourth-order valence-electron chi connectivity index (χ4n) is 4.75. The van der Waals surface area contributed by atoms with E-state index in [1.807, 2.05) is 24.3 Å². The van der Waals surface area contributed by atoms with E-state index in [2.05, 4.69) is 37.5 Å². The lowest BCUT2D eigenvalue weighted by molar-refractivity contribution is 0.0906. The van der Waals surface area contributed by atoms with E-state index in [9.17, 15) is 4.39 Å². The van der Waals surface area contributed by atoms with Gasteiger partial charge in [0, 0.05) is 44.0 Å². The van der Waals surface area contributed by atoms with Crippen molar-refractivity contribution in [3.8, 4) is 5.75 Å². The zero-order chi connectivity index (χ0) is 22.6. The molecule has 0 amide bonds. The summed E-state index contributed by atoms with van der Waals surface area (Å²) in [7, 11) is 1.67. The first-order valence-electron chi connectivity index (χ1n) is 11.5. The molecule has 8 nitrogen and oxygen atoms in total. The van der Waals surface area contributed by atoms with Gasteiger partial charge in [-0.05, 0) is 53.6 Å². The van der Waals surface area contributed by atoms with E-state index in [0.29, 0.717) is 17.9 Å². The predicted octanol–water partition coefficient (Wildman–Crippen LogP) is 2.91. The third kappa shape index (κ3) is 4.69. The van der Waals surface area contributed by atoms with Gasteiger partial charge < -0.3 is 14.4 Å². The lowest BCUT2D eigenvalue weighted by Crippen LogP contribution is -2.48. The number of hydrogen-bond donors (Lipinski definition) is 0. The summed E-state index contributed by atoms with van der Waals surface area (Å²) in [4.78, 5) is 4.61. The van der Waals surface area contributed by atoms with Crippen molar-refractivity contribution in [2.45, 2.75) is 31.5 Å². The summed E-state index contributed by atoms with van der Waals surface area (Å²) in [5.74, 6) is 1.26. The van der Waals surface area contributed by atoms with Crippen LogP contribution in [0.25, 0.3) is 0 Å². The molecule has 2 atom stereocenters. The van der Waals surface area contributed by atoms with E-state index < -0.39 is 0 Å². The molecule has 2 fully saturated rings. The van der Waals surface area contributed by atoms with Crippen LogP contribution in [0.5, 0.6) is 5.75 Å². The first-order chi connectivity index (χ1) is 16.2. The van der Waals surface area contributed by atoms with Gasteiger partial charge in [-0.25, -0.2) is 9.07 Å². The number of ether oxygens (including phenoxy) is 2. The summed E-state index contributed by atoms with van der Waals surface area (Å²) >= 11 is 0. The molecule has 2 aliphatic heterocycles. The zero-order valence-electron chi connectivity index (χ0n) is 18.8. The Labute approximate surface area is 192 Å². The Morgan fingerprint density at radius 1 is 1.09 bits per heavy atom. The monoisotopic (exact) mass is 452 g/mol. The molecule has 3 heterocycles. The second kappa shape index (κ2) is 9.84. The molecule has 0 unspecified atom stereocenters. The number of benzene rings is 2. The molecule has 2 aliphatic rings. The highest BCUT2D eigenvalue weighted by atomic mass is 19.1. The standard InChI is InChI=1S/C24H29FN6O2/c1-32-19-10-8-18(9-11-19)29-12-14-30(15-13-29)23(21-6-2-3-7-22(21)25)24-26-27-28-31(24)17-20-5-4-16-33-20/h2-3,6-11,20,23H,4-5,12-17H2,1H3/t20-,23+/m1/s1. The number of nitrogens with zero attached hydrogens (tertiary/aromatic N) is 6. The number of rotatable bonds is 7. The summed E-state index contributed by atoms with van der Waals surface area (Å²) in [5, 5.41) is 12.5. The van der Waals surface area contributed by atoms with Crippen LogP contribution >= 0.6 is 0 Å². The van der Waals surface area contributed by atoms with Crippen LogP contribution in [0.4, 0.5) is 10.1 Å². The maximum atomic E-state index is 15.0. The van der Waals surface area contributed by atoms with Crippen molar-refractivity contribution >= 4 is 5.69 Å². The molecule has 33 heavy (non-hydrogen) atoms. The number of aromatic nitrogens is 4. The first kappa shape index (κ1) is 21.8. The van der Waals surface area contributed by atoms with E-state index in [0.717, 1.165) is 57.1 Å². The number of methoxy groups -OCH3 is 1. The molecule has 2 saturated heterocycles. The zero-order valence-corrected chi connectivity index (χ0v) is 18.8. The molecule has 0 radical (unpaired) electrons. The average Bonchev–Trinajstić information content (AvgIpc) is 3.54. The Kier molecular flexibility index (Phi) is 6.50. The number of halogens is 1. The topological polar surface area (TPSA) is 68.5 Å². The van der Waals surface area contributed by atoms with Crippen LogP contribution in [0.2, 0.25) is 0 Å². The van der Waals surface area contributed by atoms with Crippen molar-refractivity contribution in [3.63, 3.8) is 0 Å². The quantitative estimate of drug-likeness (QED) is 0.546. The van der Waals surface area contributed by atoms with Crippen molar-refractivity contribution in [2.24, 2.45) is 0 Å². The van der Waals surface area contributed by atoms with E-state index in [1.54, 1.807) is 17.9 Å². The smallest absolute Gasteiger partial charge is 0.173 e. The van der Waals surface area contributed by atoms with Crippen molar-refractivity contribution in [1.29, 1.82) is 0 Å². The third-order valence-corrected chi connectivity index (χ3v) is 6.52. The van der Waals surface area contributed by atoms with Crippen molar-refractivity contribution < 1.29 is 13.9 Å². The Hall–Kier alpha value is -3.04. The van der Waals surface area contributed by atoms with E-state index in [4.69, 9.17) is 9.47 Å². The summed E-state index contributed by atoms with van der Waals surface area (Å²) in [6.07, 6.45) is 2.14. The molecule has 0 N–H and O–H groups in total. The van der Waals surface area contributed by atoms with Gasteiger partial charge in [-0.3, -0.25) is 4.90 Å². The van der Waals surface area contributed by atoms with Crippen LogP contribution in [0.3, 0.4) is 0 Å². The summed E-state index contributed by atoms with van der Waals surface area (Å²) in [6, 6.07) is 14.7.